The maximum Gasteiger partial charge on any atom is 0.306 e. The first-order chi connectivity index (χ1) is 3.50. The minimum absolute atomic E-state index is 0.350. The zero-order valence-electron chi connectivity index (χ0n) is 5.56. The van der Waals surface area contributed by atoms with Gasteiger partial charge >= 0.3 is 5.97 Å². The van der Waals surface area contributed by atoms with E-state index in [-0.39, 0.29) is 0 Å². The van der Waals surface area contributed by atoms with Gasteiger partial charge in [0.1, 0.15) is 0 Å². The molecule has 42 valence electrons. The van der Waals surface area contributed by atoms with Crippen LogP contribution in [0.3, 0.4) is 0 Å². The molecule has 0 amide bonds. The summed E-state index contributed by atoms with van der Waals surface area (Å²) in [5.41, 5.74) is 0. The highest BCUT2D eigenvalue weighted by Gasteiger charge is 2.05. The summed E-state index contributed by atoms with van der Waals surface area (Å²) in [5, 5.41) is 8.25. The maximum atomic E-state index is 10.1. The van der Waals surface area contributed by atoms with Crippen molar-refractivity contribution >= 4 is 5.97 Å². The molecule has 0 aromatic rings. The van der Waals surface area contributed by atoms with Gasteiger partial charge in [0.05, 0.1) is 5.89 Å². The molecule has 2 heteroatoms. The van der Waals surface area contributed by atoms with Crippen molar-refractivity contribution < 1.29 is 11.3 Å². The summed E-state index contributed by atoms with van der Waals surface area (Å²) in [6, 6.07) is 0. The molecule has 7 heavy (non-hydrogen) atoms. The van der Waals surface area contributed by atoms with Crippen molar-refractivity contribution in [1.82, 2.24) is 0 Å². The van der Waals surface area contributed by atoms with E-state index < -0.39 is 11.9 Å². The lowest BCUT2D eigenvalue weighted by atomic mass is 10.1. The predicted octanol–water partition coefficient (Wildman–Crippen LogP) is 1.12. The van der Waals surface area contributed by atoms with Gasteiger partial charge in [-0.05, 0) is 6.42 Å². The van der Waals surface area contributed by atoms with Crippen molar-refractivity contribution in [1.29, 1.82) is 0 Å². The highest BCUT2D eigenvalue weighted by molar-refractivity contribution is 5.69. The quantitative estimate of drug-likeness (QED) is 0.568. The number of rotatable bonds is 2. The highest BCUT2D eigenvalue weighted by Crippen LogP contribution is 1.97. The third-order valence-corrected chi connectivity index (χ3v) is 0.895. The number of carboxylic acid groups (broad SMARTS) is 1. The van der Waals surface area contributed by atoms with E-state index in [0.29, 0.717) is 6.42 Å². The Morgan fingerprint density at radius 2 is 2.57 bits per heavy atom. The second-order valence-corrected chi connectivity index (χ2v) is 1.44. The van der Waals surface area contributed by atoms with Crippen molar-refractivity contribution in [2.45, 2.75) is 20.3 Å². The second kappa shape index (κ2) is 2.61. The molecule has 0 aliphatic rings. The molecular weight excluding hydrogens is 92.1 g/mol. The van der Waals surface area contributed by atoms with E-state index in [1.165, 1.54) is 6.92 Å². The summed E-state index contributed by atoms with van der Waals surface area (Å²) in [6.45, 7) is 3.07. The van der Waals surface area contributed by atoms with E-state index in [1.54, 1.807) is 6.92 Å². The molecule has 0 saturated heterocycles. The zero-order valence-corrected chi connectivity index (χ0v) is 4.56. The lowest BCUT2D eigenvalue weighted by molar-refractivity contribution is -0.141. The minimum atomic E-state index is -1.29. The predicted molar refractivity (Wildman–Crippen MR) is 27.1 cm³/mol. The van der Waals surface area contributed by atoms with Gasteiger partial charge < -0.3 is 5.11 Å². The van der Waals surface area contributed by atoms with Crippen molar-refractivity contribution in [3.8, 4) is 0 Å². The molecule has 1 unspecified atom stereocenters. The topological polar surface area (TPSA) is 37.3 Å². The molecular formula is C5H10O2. The van der Waals surface area contributed by atoms with Gasteiger partial charge in [0.2, 0.25) is 0 Å². The van der Waals surface area contributed by atoms with E-state index >= 15 is 0 Å². The summed E-state index contributed by atoms with van der Waals surface area (Å²) in [6.07, 6.45) is 0.350. The largest absolute Gasteiger partial charge is 0.481 e. The molecule has 1 atom stereocenters. The Balaban J connectivity index is 3.91. The van der Waals surface area contributed by atoms with Gasteiger partial charge in [0.15, 0.2) is 0 Å². The Bertz CT molecular complexity index is 98.6. The average molecular weight is 103 g/mol. The van der Waals surface area contributed by atoms with Gasteiger partial charge in [0.25, 0.3) is 0 Å². The van der Waals surface area contributed by atoms with E-state index in [9.17, 15) is 4.79 Å². The summed E-state index contributed by atoms with van der Waals surface area (Å²) in [7, 11) is 0. The van der Waals surface area contributed by atoms with Gasteiger partial charge in [-0.2, -0.15) is 0 Å². The summed E-state index contributed by atoms with van der Waals surface area (Å²) < 4.78 is 7.03. The van der Waals surface area contributed by atoms with E-state index in [0.717, 1.165) is 0 Å². The van der Waals surface area contributed by atoms with Gasteiger partial charge in [-0.25, -0.2) is 0 Å². The first kappa shape index (κ1) is 4.62. The van der Waals surface area contributed by atoms with E-state index in [1.807, 2.05) is 0 Å². The van der Waals surface area contributed by atoms with Crippen LogP contribution in [0, 0.1) is 5.89 Å². The Morgan fingerprint density at radius 1 is 2.14 bits per heavy atom. The van der Waals surface area contributed by atoms with Crippen LogP contribution in [0.15, 0.2) is 0 Å². The van der Waals surface area contributed by atoms with Crippen molar-refractivity contribution in [3.05, 3.63) is 0 Å². The van der Waals surface area contributed by atoms with Crippen LogP contribution in [0.25, 0.3) is 0 Å². The van der Waals surface area contributed by atoms with Crippen LogP contribution >= 0.6 is 0 Å². The smallest absolute Gasteiger partial charge is 0.306 e. The molecule has 0 saturated carbocycles. The lowest BCUT2D eigenvalue weighted by Gasteiger charge is -1.96. The fourth-order valence-corrected chi connectivity index (χ4v) is 0.151. The standard InChI is InChI=1S/C5H10O2/c1-3-4(2)5(6)7/h4H,3H2,1-2H3,(H,6,7)/i4D. The highest BCUT2D eigenvalue weighted by atomic mass is 16.4. The Kier molecular flexibility index (Phi) is 1.72. The second-order valence-electron chi connectivity index (χ2n) is 1.44. The van der Waals surface area contributed by atoms with Crippen molar-refractivity contribution in [2.24, 2.45) is 5.89 Å². The number of aliphatic carboxylic acids is 1. The normalized spacial score (nSPS) is 20.0. The van der Waals surface area contributed by atoms with Gasteiger partial charge in [-0.15, -0.1) is 0 Å². The van der Waals surface area contributed by atoms with Crippen LogP contribution in [0.4, 0.5) is 0 Å². The fraction of sp³-hybridized carbons (Fsp3) is 0.800. The average Bonchev–Trinajstić information content (AvgIpc) is 1.67. The van der Waals surface area contributed by atoms with Crippen LogP contribution < -0.4 is 0 Å². The molecule has 0 fully saturated rings. The third kappa shape index (κ3) is 2.20. The molecule has 0 aromatic carbocycles. The lowest BCUT2D eigenvalue weighted by Crippen LogP contribution is -2.06. The van der Waals surface area contributed by atoms with Crippen molar-refractivity contribution in [2.75, 3.05) is 0 Å². The zero-order chi connectivity index (χ0) is 6.78. The fourth-order valence-electron chi connectivity index (χ4n) is 0.151. The molecule has 0 aromatic heterocycles. The number of hydrogen-bond acceptors (Lipinski definition) is 1. The molecule has 0 rings (SSSR count). The van der Waals surface area contributed by atoms with E-state index in [4.69, 9.17) is 6.48 Å². The summed E-state index contributed by atoms with van der Waals surface area (Å²) >= 11 is 0. The Hall–Kier alpha value is -0.530. The monoisotopic (exact) mass is 103 g/mol. The number of carbonyl (C=O) groups is 1. The molecule has 0 radical (unpaired) electrons. The van der Waals surface area contributed by atoms with Crippen LogP contribution in [-0.2, 0) is 4.79 Å². The van der Waals surface area contributed by atoms with Crippen LogP contribution in [0.5, 0.6) is 0 Å². The minimum Gasteiger partial charge on any atom is -0.481 e. The van der Waals surface area contributed by atoms with Crippen molar-refractivity contribution in [3.63, 3.8) is 0 Å². The van der Waals surface area contributed by atoms with E-state index in [2.05, 4.69) is 0 Å². The molecule has 0 bridgehead atoms. The SMILES string of the molecule is [2H]C(C)(CC)C(=O)O. The van der Waals surface area contributed by atoms with Crippen LogP contribution in [-0.4, -0.2) is 11.1 Å². The first-order valence-electron chi connectivity index (χ1n) is 2.74. The van der Waals surface area contributed by atoms with Crippen LogP contribution in [0.2, 0.25) is 0 Å². The van der Waals surface area contributed by atoms with Crippen LogP contribution in [0.1, 0.15) is 21.6 Å². The Labute approximate surface area is 44.6 Å². The molecule has 2 nitrogen and oxygen atoms in total. The summed E-state index contributed by atoms with van der Waals surface area (Å²) in [4.78, 5) is 10.1. The number of carboxylic acids is 1. The maximum absolute atomic E-state index is 10.1. The molecule has 0 spiro atoms. The first-order valence-corrected chi connectivity index (χ1v) is 2.24. The Morgan fingerprint density at radius 3 is 2.57 bits per heavy atom. The van der Waals surface area contributed by atoms with Gasteiger partial charge in [-0.3, -0.25) is 4.79 Å². The molecule has 0 aliphatic heterocycles. The van der Waals surface area contributed by atoms with Gasteiger partial charge in [-0.1, -0.05) is 13.8 Å². The summed E-state index contributed by atoms with van der Waals surface area (Å²) in [5.74, 6) is -2.35. The molecule has 1 N–H and O–H groups in total. The van der Waals surface area contributed by atoms with Gasteiger partial charge in [0, 0.05) is 1.37 Å². The third-order valence-electron chi connectivity index (χ3n) is 0.895. The number of hydrogen-bond donors (Lipinski definition) is 1. The molecule has 0 aliphatic carbocycles. The molecule has 0 heterocycles.